The number of nitro groups is 1. The number of nitrogens with zero attached hydrogens (tertiary/aromatic N) is 3. The molecule has 0 saturated heterocycles. The molecule has 0 radical (unpaired) electrons. The number of nitro benzene ring substituents is 1. The Morgan fingerprint density at radius 1 is 1.05 bits per heavy atom. The molecule has 0 bridgehead atoms. The largest absolute Gasteiger partial charge is 0.497 e. The zero-order valence-corrected chi connectivity index (χ0v) is 25.3. The summed E-state index contributed by atoms with van der Waals surface area (Å²) in [5, 5.41) is 10.9. The van der Waals surface area contributed by atoms with Crippen molar-refractivity contribution >= 4 is 29.1 Å². The van der Waals surface area contributed by atoms with Gasteiger partial charge in [0.2, 0.25) is 0 Å². The van der Waals surface area contributed by atoms with Crippen LogP contribution in [0.25, 0.3) is 6.08 Å². The number of fused-ring (bicyclic) bond motifs is 1. The van der Waals surface area contributed by atoms with Gasteiger partial charge in [0.25, 0.3) is 11.2 Å². The van der Waals surface area contributed by atoms with E-state index in [1.807, 2.05) is 12.1 Å². The lowest BCUT2D eigenvalue weighted by Crippen LogP contribution is -2.40. The molecule has 1 aliphatic rings. The van der Waals surface area contributed by atoms with Gasteiger partial charge in [-0.05, 0) is 73.5 Å². The Kier molecular flexibility index (Phi) is 8.91. The molecule has 0 aliphatic carbocycles. The smallest absolute Gasteiger partial charge is 0.338 e. The maximum absolute atomic E-state index is 13.9. The van der Waals surface area contributed by atoms with Crippen molar-refractivity contribution < 1.29 is 28.7 Å². The highest BCUT2D eigenvalue weighted by Crippen LogP contribution is 2.37. The summed E-state index contributed by atoms with van der Waals surface area (Å²) in [7, 11) is 3.06. The molecule has 1 aromatic heterocycles. The van der Waals surface area contributed by atoms with Crippen LogP contribution in [0.15, 0.2) is 87.8 Å². The van der Waals surface area contributed by atoms with Gasteiger partial charge in [-0.25, -0.2) is 9.79 Å². The fourth-order valence-corrected chi connectivity index (χ4v) is 5.88. The molecule has 4 aromatic rings. The van der Waals surface area contributed by atoms with Crippen LogP contribution >= 0.6 is 11.3 Å². The number of benzene rings is 3. The first kappa shape index (κ1) is 30.2. The van der Waals surface area contributed by atoms with Gasteiger partial charge in [-0.15, -0.1) is 0 Å². The molecule has 3 aromatic carbocycles. The average molecular weight is 616 g/mol. The fourth-order valence-electron chi connectivity index (χ4n) is 4.83. The molecule has 0 fully saturated rings. The topological polar surface area (TPSA) is 131 Å². The average Bonchev–Trinajstić information content (AvgIpc) is 3.33. The number of rotatable bonds is 10. The lowest BCUT2D eigenvalue weighted by atomic mass is 9.94. The molecule has 1 aliphatic heterocycles. The minimum atomic E-state index is -0.854. The van der Waals surface area contributed by atoms with E-state index in [-0.39, 0.29) is 30.0 Å². The van der Waals surface area contributed by atoms with Crippen LogP contribution < -0.4 is 29.1 Å². The van der Waals surface area contributed by atoms with Crippen molar-refractivity contribution in [3.8, 4) is 17.2 Å². The number of carbonyl (C=O) groups is 1. The van der Waals surface area contributed by atoms with Crippen LogP contribution in [0, 0.1) is 10.1 Å². The maximum Gasteiger partial charge on any atom is 0.338 e. The zero-order chi connectivity index (χ0) is 31.4. The fraction of sp³-hybridized carbons (Fsp3) is 0.219. The molecule has 0 saturated carbocycles. The third kappa shape index (κ3) is 6.11. The molecule has 1 atom stereocenters. The van der Waals surface area contributed by atoms with E-state index in [1.54, 1.807) is 62.4 Å². The van der Waals surface area contributed by atoms with Gasteiger partial charge in [0, 0.05) is 17.7 Å². The number of methoxy groups -OCH3 is 2. The van der Waals surface area contributed by atoms with E-state index in [9.17, 15) is 19.7 Å². The van der Waals surface area contributed by atoms with Crippen LogP contribution in [0.2, 0.25) is 0 Å². The minimum absolute atomic E-state index is 0.0182. The summed E-state index contributed by atoms with van der Waals surface area (Å²) in [5.74, 6) is 1.05. The molecule has 12 heteroatoms. The molecule has 0 amide bonds. The number of aromatic nitrogens is 1. The first-order valence-corrected chi connectivity index (χ1v) is 14.4. The van der Waals surface area contributed by atoms with Crippen molar-refractivity contribution in [2.75, 3.05) is 20.8 Å². The van der Waals surface area contributed by atoms with Crippen molar-refractivity contribution in [2.45, 2.75) is 26.5 Å². The van der Waals surface area contributed by atoms with E-state index in [0.29, 0.717) is 37.8 Å². The SMILES string of the molecule is CCOC(=O)C1=C(C)N=c2s/c(=C/c3ccc(OCc4ccc([N+](=O)[O-])cc4)cc3)c(=O)n2[C@@H]1c1cc(OC)ccc1OC. The van der Waals surface area contributed by atoms with Crippen LogP contribution in [0.5, 0.6) is 17.2 Å². The monoisotopic (exact) mass is 615 g/mol. The Labute approximate surface area is 256 Å². The predicted octanol–water partition coefficient (Wildman–Crippen LogP) is 4.30. The molecule has 5 rings (SSSR count). The Hall–Kier alpha value is -5.23. The lowest BCUT2D eigenvalue weighted by Gasteiger charge is -2.26. The second-order valence-corrected chi connectivity index (χ2v) is 10.7. The van der Waals surface area contributed by atoms with Crippen molar-refractivity contribution in [3.63, 3.8) is 0 Å². The molecular formula is C32H29N3O8S. The van der Waals surface area contributed by atoms with Gasteiger partial charge in [-0.3, -0.25) is 19.5 Å². The van der Waals surface area contributed by atoms with Crippen LogP contribution in [0.4, 0.5) is 5.69 Å². The summed E-state index contributed by atoms with van der Waals surface area (Å²) in [6.07, 6.45) is 1.76. The van der Waals surface area contributed by atoms with Crippen molar-refractivity contribution in [1.29, 1.82) is 0 Å². The quantitative estimate of drug-likeness (QED) is 0.147. The molecule has 44 heavy (non-hydrogen) atoms. The summed E-state index contributed by atoms with van der Waals surface area (Å²) >= 11 is 1.22. The summed E-state index contributed by atoms with van der Waals surface area (Å²) in [6, 6.07) is 17.7. The van der Waals surface area contributed by atoms with Gasteiger partial charge < -0.3 is 18.9 Å². The summed E-state index contributed by atoms with van der Waals surface area (Å²) in [5.41, 5.74) is 2.50. The van der Waals surface area contributed by atoms with Crippen molar-refractivity contribution in [3.05, 3.63) is 124 Å². The van der Waals surface area contributed by atoms with Gasteiger partial charge in [-0.1, -0.05) is 23.5 Å². The highest BCUT2D eigenvalue weighted by atomic mass is 32.1. The molecule has 0 unspecified atom stereocenters. The van der Waals surface area contributed by atoms with Crippen LogP contribution in [0.3, 0.4) is 0 Å². The van der Waals surface area contributed by atoms with Gasteiger partial charge in [0.1, 0.15) is 29.9 Å². The second-order valence-electron chi connectivity index (χ2n) is 9.69. The van der Waals surface area contributed by atoms with Gasteiger partial charge in [-0.2, -0.15) is 0 Å². The van der Waals surface area contributed by atoms with Crippen molar-refractivity contribution in [2.24, 2.45) is 4.99 Å². The molecular weight excluding hydrogens is 586 g/mol. The third-order valence-corrected chi connectivity index (χ3v) is 7.96. The van der Waals surface area contributed by atoms with E-state index < -0.39 is 16.9 Å². The Balaban J connectivity index is 1.50. The number of thiazole rings is 1. The van der Waals surface area contributed by atoms with E-state index in [0.717, 1.165) is 11.1 Å². The predicted molar refractivity (Wildman–Crippen MR) is 164 cm³/mol. The summed E-state index contributed by atoms with van der Waals surface area (Å²) < 4.78 is 24.2. The third-order valence-electron chi connectivity index (χ3n) is 6.98. The number of esters is 1. The van der Waals surface area contributed by atoms with Gasteiger partial charge >= 0.3 is 5.97 Å². The summed E-state index contributed by atoms with van der Waals surface area (Å²) in [6.45, 7) is 3.84. The number of non-ortho nitro benzene ring substituents is 1. The first-order valence-electron chi connectivity index (χ1n) is 13.6. The molecule has 11 nitrogen and oxygen atoms in total. The summed E-state index contributed by atoms with van der Waals surface area (Å²) in [4.78, 5) is 42.6. The van der Waals surface area contributed by atoms with E-state index >= 15 is 0 Å². The number of hydrogen-bond donors (Lipinski definition) is 0. The minimum Gasteiger partial charge on any atom is -0.497 e. The molecule has 0 spiro atoms. The molecule has 2 heterocycles. The zero-order valence-electron chi connectivity index (χ0n) is 24.4. The number of hydrogen-bond acceptors (Lipinski definition) is 10. The Morgan fingerprint density at radius 2 is 1.75 bits per heavy atom. The molecule has 226 valence electrons. The van der Waals surface area contributed by atoms with E-state index in [4.69, 9.17) is 18.9 Å². The lowest BCUT2D eigenvalue weighted by molar-refractivity contribution is -0.384. The first-order chi connectivity index (χ1) is 21.2. The maximum atomic E-state index is 13.9. The molecule has 0 N–H and O–H groups in total. The number of ether oxygens (including phenoxy) is 4. The van der Waals surface area contributed by atoms with Crippen LogP contribution in [-0.2, 0) is 16.1 Å². The van der Waals surface area contributed by atoms with E-state index in [1.165, 1.54) is 42.3 Å². The second kappa shape index (κ2) is 13.0. The van der Waals surface area contributed by atoms with Crippen LogP contribution in [0.1, 0.15) is 36.6 Å². The number of allylic oxidation sites excluding steroid dienone is 1. The van der Waals surface area contributed by atoms with Crippen LogP contribution in [-0.4, -0.2) is 36.3 Å². The van der Waals surface area contributed by atoms with E-state index in [2.05, 4.69) is 4.99 Å². The Bertz CT molecular complexity index is 1930. The number of carbonyl (C=O) groups excluding carboxylic acids is 1. The highest BCUT2D eigenvalue weighted by Gasteiger charge is 2.35. The normalized spacial score (nSPS) is 14.5. The van der Waals surface area contributed by atoms with Gasteiger partial charge in [0.05, 0.1) is 41.6 Å². The highest BCUT2D eigenvalue weighted by molar-refractivity contribution is 7.07. The Morgan fingerprint density at radius 3 is 2.39 bits per heavy atom. The van der Waals surface area contributed by atoms with Gasteiger partial charge in [0.15, 0.2) is 4.80 Å². The standard InChI is InChI=1S/C32H29N3O8S/c1-5-42-31(37)28-19(2)33-32-34(29(28)25-17-24(40-3)14-15-26(25)41-4)30(36)27(44-32)16-20-8-12-23(13-9-20)43-18-21-6-10-22(11-7-21)35(38)39/h6-17,29H,5,18H2,1-4H3/b27-16+/t29-/m1/s1. The van der Waals surface area contributed by atoms with Crippen molar-refractivity contribution in [1.82, 2.24) is 4.57 Å².